The van der Waals surface area contributed by atoms with Crippen LogP contribution in [0.4, 0.5) is 0 Å². The molecule has 3 N–H and O–H groups in total. The number of nitrogens with zero attached hydrogens (tertiary/aromatic N) is 1. The van der Waals surface area contributed by atoms with Gasteiger partial charge in [0.15, 0.2) is 0 Å². The molecule has 1 aliphatic rings. The second-order valence-electron chi connectivity index (χ2n) is 4.77. The number of likely N-dealkylation sites (tertiary alicyclic amines) is 1. The number of benzene rings is 1. The van der Waals surface area contributed by atoms with Crippen molar-refractivity contribution in [2.45, 2.75) is 12.5 Å². The minimum Gasteiger partial charge on any atom is -0.348 e. The third-order valence-electron chi connectivity index (χ3n) is 3.22. The number of amides is 1. The summed E-state index contributed by atoms with van der Waals surface area (Å²) >= 11 is 0. The van der Waals surface area contributed by atoms with Gasteiger partial charge < -0.3 is 16.0 Å². The minimum atomic E-state index is -0.0535. The first-order valence-corrected chi connectivity index (χ1v) is 6.48. The Balaban J connectivity index is 2.10. The van der Waals surface area contributed by atoms with Crippen LogP contribution in [0.1, 0.15) is 22.3 Å². The number of nitrogens with two attached hydrogens (primary N) is 1. The highest BCUT2D eigenvalue weighted by Gasteiger charge is 2.22. The number of hydrogen-bond acceptors (Lipinski definition) is 3. The fourth-order valence-corrected chi connectivity index (χ4v) is 2.25. The van der Waals surface area contributed by atoms with Gasteiger partial charge in [-0.15, -0.1) is 0 Å². The molecule has 19 heavy (non-hydrogen) atoms. The SMILES string of the molecule is CN1CCC(NC(=O)c2ccccc2C#CCN)C1. The van der Waals surface area contributed by atoms with E-state index in [0.29, 0.717) is 12.1 Å². The second-order valence-corrected chi connectivity index (χ2v) is 4.77. The molecule has 0 spiro atoms. The molecule has 1 heterocycles. The number of carbonyl (C=O) groups is 1. The summed E-state index contributed by atoms with van der Waals surface area (Å²) < 4.78 is 0. The number of carbonyl (C=O) groups excluding carboxylic acids is 1. The summed E-state index contributed by atoms with van der Waals surface area (Å²) in [5.74, 6) is 5.68. The molecule has 1 amide bonds. The Morgan fingerprint density at radius 3 is 3.00 bits per heavy atom. The molecule has 0 bridgehead atoms. The number of nitrogens with one attached hydrogen (secondary N) is 1. The highest BCUT2D eigenvalue weighted by molar-refractivity contribution is 5.96. The van der Waals surface area contributed by atoms with E-state index in [-0.39, 0.29) is 11.9 Å². The average molecular weight is 257 g/mol. The van der Waals surface area contributed by atoms with Crippen molar-refractivity contribution in [1.29, 1.82) is 0 Å². The van der Waals surface area contributed by atoms with Gasteiger partial charge in [-0.05, 0) is 32.1 Å². The summed E-state index contributed by atoms with van der Waals surface area (Å²) in [6.07, 6.45) is 0.999. The van der Waals surface area contributed by atoms with Crippen molar-refractivity contribution in [3.05, 3.63) is 35.4 Å². The quantitative estimate of drug-likeness (QED) is 0.755. The Labute approximate surface area is 114 Å². The predicted molar refractivity (Wildman–Crippen MR) is 75.7 cm³/mol. The van der Waals surface area contributed by atoms with Crippen LogP contribution in [0.15, 0.2) is 24.3 Å². The van der Waals surface area contributed by atoms with Crippen molar-refractivity contribution < 1.29 is 4.79 Å². The van der Waals surface area contributed by atoms with Gasteiger partial charge in [0, 0.05) is 18.2 Å². The summed E-state index contributed by atoms with van der Waals surface area (Å²) in [6, 6.07) is 7.60. The van der Waals surface area contributed by atoms with E-state index in [1.54, 1.807) is 6.07 Å². The Morgan fingerprint density at radius 2 is 2.32 bits per heavy atom. The lowest BCUT2D eigenvalue weighted by atomic mass is 10.1. The van der Waals surface area contributed by atoms with Crippen LogP contribution in [-0.2, 0) is 0 Å². The van der Waals surface area contributed by atoms with Crippen LogP contribution in [0.5, 0.6) is 0 Å². The largest absolute Gasteiger partial charge is 0.348 e. The smallest absolute Gasteiger partial charge is 0.252 e. The Morgan fingerprint density at radius 1 is 1.53 bits per heavy atom. The summed E-state index contributed by atoms with van der Waals surface area (Å²) in [4.78, 5) is 14.5. The number of rotatable bonds is 2. The van der Waals surface area contributed by atoms with Gasteiger partial charge in [-0.1, -0.05) is 24.0 Å². The van der Waals surface area contributed by atoms with Crippen LogP contribution in [0.2, 0.25) is 0 Å². The zero-order chi connectivity index (χ0) is 13.7. The molecule has 100 valence electrons. The Bertz CT molecular complexity index is 516. The lowest BCUT2D eigenvalue weighted by molar-refractivity contribution is 0.0938. The Kier molecular flexibility index (Phi) is 4.56. The zero-order valence-electron chi connectivity index (χ0n) is 11.1. The molecule has 0 aliphatic carbocycles. The Hall–Kier alpha value is -1.83. The van der Waals surface area contributed by atoms with Crippen molar-refractivity contribution >= 4 is 5.91 Å². The maximum atomic E-state index is 12.3. The summed E-state index contributed by atoms with van der Waals surface area (Å²) in [5, 5.41) is 3.06. The second kappa shape index (κ2) is 6.37. The van der Waals surface area contributed by atoms with Crippen molar-refractivity contribution in [2.75, 3.05) is 26.7 Å². The summed E-state index contributed by atoms with van der Waals surface area (Å²) in [5.41, 5.74) is 6.73. The monoisotopic (exact) mass is 257 g/mol. The first-order valence-electron chi connectivity index (χ1n) is 6.48. The molecule has 1 atom stereocenters. The molecule has 0 aromatic heterocycles. The topological polar surface area (TPSA) is 58.4 Å². The molecule has 2 rings (SSSR count). The van der Waals surface area contributed by atoms with Crippen LogP contribution in [0, 0.1) is 11.8 Å². The summed E-state index contributed by atoms with van der Waals surface area (Å²) in [7, 11) is 2.06. The molecule has 1 saturated heterocycles. The van der Waals surface area contributed by atoms with Crippen LogP contribution in [0.3, 0.4) is 0 Å². The van der Waals surface area contributed by atoms with Gasteiger partial charge in [-0.3, -0.25) is 4.79 Å². The van der Waals surface area contributed by atoms with Gasteiger partial charge in [0.2, 0.25) is 0 Å². The molecular formula is C15H19N3O. The van der Waals surface area contributed by atoms with Gasteiger partial charge in [0.1, 0.15) is 0 Å². The third kappa shape index (κ3) is 3.57. The highest BCUT2D eigenvalue weighted by atomic mass is 16.1. The molecule has 1 aromatic carbocycles. The normalized spacial score (nSPS) is 18.7. The fourth-order valence-electron chi connectivity index (χ4n) is 2.25. The van der Waals surface area contributed by atoms with Crippen LogP contribution in [0.25, 0.3) is 0 Å². The van der Waals surface area contributed by atoms with Gasteiger partial charge in [0.05, 0.1) is 12.1 Å². The maximum Gasteiger partial charge on any atom is 0.252 e. The van der Waals surface area contributed by atoms with Gasteiger partial charge in [-0.2, -0.15) is 0 Å². The minimum absolute atomic E-state index is 0.0535. The molecular weight excluding hydrogens is 238 g/mol. The molecule has 1 aromatic rings. The molecule has 0 saturated carbocycles. The molecule has 0 radical (unpaired) electrons. The predicted octanol–water partition coefficient (Wildman–Crippen LogP) is 0.431. The standard InChI is InChI=1S/C15H19N3O/c1-18-10-8-13(11-18)17-15(19)14-7-3-2-5-12(14)6-4-9-16/h2-3,5,7,13H,8-11,16H2,1H3,(H,17,19). The fraction of sp³-hybridized carbons (Fsp3) is 0.400. The molecule has 1 fully saturated rings. The van der Waals surface area contributed by atoms with Gasteiger partial charge >= 0.3 is 0 Å². The third-order valence-corrected chi connectivity index (χ3v) is 3.22. The van der Waals surface area contributed by atoms with E-state index in [9.17, 15) is 4.79 Å². The van der Waals surface area contributed by atoms with E-state index < -0.39 is 0 Å². The van der Waals surface area contributed by atoms with E-state index in [4.69, 9.17) is 5.73 Å². The number of likely N-dealkylation sites (N-methyl/N-ethyl adjacent to an activating group) is 1. The number of hydrogen-bond donors (Lipinski definition) is 2. The molecule has 1 aliphatic heterocycles. The molecule has 4 nitrogen and oxygen atoms in total. The lowest BCUT2D eigenvalue weighted by Gasteiger charge is -2.13. The maximum absolute atomic E-state index is 12.3. The van der Waals surface area contributed by atoms with E-state index >= 15 is 0 Å². The van der Waals surface area contributed by atoms with E-state index in [1.807, 2.05) is 18.2 Å². The van der Waals surface area contributed by atoms with Crippen molar-refractivity contribution in [3.8, 4) is 11.8 Å². The zero-order valence-corrected chi connectivity index (χ0v) is 11.1. The van der Waals surface area contributed by atoms with Crippen LogP contribution < -0.4 is 11.1 Å². The van der Waals surface area contributed by atoms with Gasteiger partial charge in [0.25, 0.3) is 5.91 Å². The van der Waals surface area contributed by atoms with Crippen molar-refractivity contribution in [1.82, 2.24) is 10.2 Å². The van der Waals surface area contributed by atoms with Crippen LogP contribution in [-0.4, -0.2) is 43.5 Å². The van der Waals surface area contributed by atoms with Crippen molar-refractivity contribution in [2.24, 2.45) is 5.73 Å². The average Bonchev–Trinajstić information content (AvgIpc) is 2.82. The first-order chi connectivity index (χ1) is 9.20. The first kappa shape index (κ1) is 13.6. The molecule has 1 unspecified atom stereocenters. The highest BCUT2D eigenvalue weighted by Crippen LogP contribution is 2.10. The molecule has 4 heteroatoms. The van der Waals surface area contributed by atoms with E-state index in [1.165, 1.54) is 0 Å². The van der Waals surface area contributed by atoms with E-state index in [0.717, 1.165) is 25.1 Å². The lowest BCUT2D eigenvalue weighted by Crippen LogP contribution is -2.36. The van der Waals surface area contributed by atoms with E-state index in [2.05, 4.69) is 29.1 Å². The van der Waals surface area contributed by atoms with Crippen LogP contribution >= 0.6 is 0 Å². The van der Waals surface area contributed by atoms with Crippen molar-refractivity contribution in [3.63, 3.8) is 0 Å². The van der Waals surface area contributed by atoms with Gasteiger partial charge in [-0.25, -0.2) is 0 Å². The summed E-state index contributed by atoms with van der Waals surface area (Å²) in [6.45, 7) is 2.23.